The van der Waals surface area contributed by atoms with E-state index in [0.717, 1.165) is 44.1 Å². The van der Waals surface area contributed by atoms with Crippen molar-refractivity contribution in [3.05, 3.63) is 42.5 Å². The van der Waals surface area contributed by atoms with Crippen molar-refractivity contribution in [1.29, 1.82) is 0 Å². The first-order valence-corrected chi connectivity index (χ1v) is 8.94. The van der Waals surface area contributed by atoms with E-state index in [9.17, 15) is 0 Å². The summed E-state index contributed by atoms with van der Waals surface area (Å²) in [6.45, 7) is 5.18. The Morgan fingerprint density at radius 2 is 2.16 bits per heavy atom. The lowest BCUT2D eigenvalue weighted by molar-refractivity contribution is 0.171. The molecule has 2 aliphatic heterocycles. The summed E-state index contributed by atoms with van der Waals surface area (Å²) in [4.78, 5) is 4.07. The van der Waals surface area contributed by atoms with Gasteiger partial charge in [0.1, 0.15) is 13.2 Å². The molecule has 134 valence electrons. The number of imidazole rings is 1. The monoisotopic (exact) mass is 343 g/mol. The molecule has 0 radical (unpaired) electrons. The fourth-order valence-electron chi connectivity index (χ4n) is 3.43. The molecule has 2 unspecified atom stereocenters. The average molecular weight is 343 g/mol. The molecule has 0 bridgehead atoms. The molecule has 0 spiro atoms. The van der Waals surface area contributed by atoms with Crippen molar-refractivity contribution >= 4 is 0 Å². The van der Waals surface area contributed by atoms with Gasteiger partial charge in [0, 0.05) is 37.9 Å². The minimum atomic E-state index is 0.275. The van der Waals surface area contributed by atoms with E-state index in [-0.39, 0.29) is 6.04 Å². The van der Waals surface area contributed by atoms with Crippen molar-refractivity contribution in [2.24, 2.45) is 5.92 Å². The SMILES string of the molecule is c1cn(CCCNCC2CNNC2c2ccc3c(c2)OCCO3)cn1. The van der Waals surface area contributed by atoms with Gasteiger partial charge in [0.25, 0.3) is 0 Å². The summed E-state index contributed by atoms with van der Waals surface area (Å²) in [5, 5.41) is 3.58. The number of benzene rings is 1. The van der Waals surface area contributed by atoms with Gasteiger partial charge in [-0.3, -0.25) is 5.43 Å². The van der Waals surface area contributed by atoms with E-state index in [1.165, 1.54) is 5.56 Å². The van der Waals surface area contributed by atoms with Crippen molar-refractivity contribution < 1.29 is 9.47 Å². The normalized spacial score (nSPS) is 22.2. The Labute approximate surface area is 147 Å². The molecule has 1 aromatic heterocycles. The summed E-state index contributed by atoms with van der Waals surface area (Å²) in [5.74, 6) is 2.19. The van der Waals surface area contributed by atoms with E-state index in [4.69, 9.17) is 9.47 Å². The molecule has 2 aliphatic rings. The quantitative estimate of drug-likeness (QED) is 0.654. The van der Waals surface area contributed by atoms with Crippen LogP contribution in [-0.2, 0) is 6.54 Å². The number of aryl methyl sites for hydroxylation is 1. The highest BCUT2D eigenvalue weighted by atomic mass is 16.6. The van der Waals surface area contributed by atoms with Gasteiger partial charge in [-0.1, -0.05) is 6.07 Å². The maximum Gasteiger partial charge on any atom is 0.161 e. The van der Waals surface area contributed by atoms with E-state index in [1.807, 2.05) is 24.8 Å². The first kappa shape index (κ1) is 16.4. The van der Waals surface area contributed by atoms with Crippen molar-refractivity contribution in [2.75, 3.05) is 32.8 Å². The molecule has 25 heavy (non-hydrogen) atoms. The molecule has 3 N–H and O–H groups in total. The van der Waals surface area contributed by atoms with Gasteiger partial charge in [-0.25, -0.2) is 10.4 Å². The number of rotatable bonds is 7. The van der Waals surface area contributed by atoms with Crippen LogP contribution in [0.2, 0.25) is 0 Å². The van der Waals surface area contributed by atoms with Gasteiger partial charge >= 0.3 is 0 Å². The summed E-state index contributed by atoms with van der Waals surface area (Å²) in [6, 6.07) is 6.52. The van der Waals surface area contributed by atoms with Gasteiger partial charge in [-0.05, 0) is 30.7 Å². The Balaban J connectivity index is 1.28. The molecule has 7 nitrogen and oxygen atoms in total. The molecule has 4 rings (SSSR count). The summed E-state index contributed by atoms with van der Waals surface area (Å²) >= 11 is 0. The van der Waals surface area contributed by atoms with Crippen LogP contribution in [0.5, 0.6) is 11.5 Å². The second kappa shape index (κ2) is 7.86. The van der Waals surface area contributed by atoms with Gasteiger partial charge in [0.2, 0.25) is 0 Å². The largest absolute Gasteiger partial charge is 0.486 e. The molecule has 2 atom stereocenters. The van der Waals surface area contributed by atoms with Gasteiger partial charge in [-0.15, -0.1) is 0 Å². The van der Waals surface area contributed by atoms with Gasteiger partial charge in [0.05, 0.1) is 12.4 Å². The molecule has 3 heterocycles. The lowest BCUT2D eigenvalue weighted by Gasteiger charge is -2.23. The molecule has 1 aromatic carbocycles. The Bertz CT molecular complexity index is 676. The third kappa shape index (κ3) is 3.95. The molecule has 0 aliphatic carbocycles. The van der Waals surface area contributed by atoms with Crippen molar-refractivity contribution in [1.82, 2.24) is 25.7 Å². The minimum Gasteiger partial charge on any atom is -0.486 e. The third-order valence-corrected chi connectivity index (χ3v) is 4.75. The van der Waals surface area contributed by atoms with Crippen LogP contribution in [0.1, 0.15) is 18.0 Å². The summed E-state index contributed by atoms with van der Waals surface area (Å²) in [5.41, 5.74) is 7.92. The first-order chi connectivity index (χ1) is 12.4. The number of hydrazine groups is 1. The molecular formula is C18H25N5O2. The number of fused-ring (bicyclic) bond motifs is 1. The standard InChI is InChI=1S/C18H25N5O2/c1(6-23-7-5-20-13-23)4-19-11-15-12-21-22-18(15)14-2-3-16-17(10-14)25-9-8-24-16/h2-3,5,7,10,13,15,18-19,21-22H,1,4,6,8-9,11-12H2. The number of hydrogen-bond acceptors (Lipinski definition) is 6. The maximum absolute atomic E-state index is 5.71. The highest BCUT2D eigenvalue weighted by Crippen LogP contribution is 2.35. The Hall–Kier alpha value is -2.09. The lowest BCUT2D eigenvalue weighted by Crippen LogP contribution is -2.29. The fourth-order valence-corrected chi connectivity index (χ4v) is 3.43. The van der Waals surface area contributed by atoms with Crippen LogP contribution in [-0.4, -0.2) is 42.4 Å². The van der Waals surface area contributed by atoms with Crippen LogP contribution >= 0.6 is 0 Å². The molecule has 1 saturated heterocycles. The second-order valence-electron chi connectivity index (χ2n) is 6.52. The zero-order valence-corrected chi connectivity index (χ0v) is 14.3. The van der Waals surface area contributed by atoms with Crippen molar-refractivity contribution in [2.45, 2.75) is 19.0 Å². The van der Waals surface area contributed by atoms with E-state index in [2.05, 4.69) is 37.9 Å². The zero-order chi connectivity index (χ0) is 16.9. The first-order valence-electron chi connectivity index (χ1n) is 8.94. The zero-order valence-electron chi connectivity index (χ0n) is 14.3. The number of ether oxygens (including phenoxy) is 2. The molecule has 1 fully saturated rings. The Morgan fingerprint density at radius 1 is 1.24 bits per heavy atom. The molecular weight excluding hydrogens is 318 g/mol. The third-order valence-electron chi connectivity index (χ3n) is 4.75. The fraction of sp³-hybridized carbons (Fsp3) is 0.500. The molecule has 7 heteroatoms. The summed E-state index contributed by atoms with van der Waals surface area (Å²) in [7, 11) is 0. The van der Waals surface area contributed by atoms with Crippen LogP contribution in [0.25, 0.3) is 0 Å². The van der Waals surface area contributed by atoms with E-state index >= 15 is 0 Å². The Kier molecular flexibility index (Phi) is 5.15. The average Bonchev–Trinajstić information content (AvgIpc) is 3.33. The highest BCUT2D eigenvalue weighted by molar-refractivity contribution is 5.45. The van der Waals surface area contributed by atoms with Crippen LogP contribution in [0.4, 0.5) is 0 Å². The van der Waals surface area contributed by atoms with E-state index < -0.39 is 0 Å². The van der Waals surface area contributed by atoms with Crippen molar-refractivity contribution in [3.63, 3.8) is 0 Å². The smallest absolute Gasteiger partial charge is 0.161 e. The van der Waals surface area contributed by atoms with Crippen LogP contribution < -0.4 is 25.6 Å². The Morgan fingerprint density at radius 3 is 3.04 bits per heavy atom. The topological polar surface area (TPSA) is 72.4 Å². The second-order valence-corrected chi connectivity index (χ2v) is 6.52. The maximum atomic E-state index is 5.71. The summed E-state index contributed by atoms with van der Waals surface area (Å²) in [6.07, 6.45) is 6.78. The summed E-state index contributed by atoms with van der Waals surface area (Å²) < 4.78 is 13.4. The molecule has 0 amide bonds. The molecule has 0 saturated carbocycles. The number of hydrogen-bond donors (Lipinski definition) is 3. The number of nitrogens with one attached hydrogen (secondary N) is 3. The molecule has 2 aromatic rings. The minimum absolute atomic E-state index is 0.275. The predicted molar refractivity (Wildman–Crippen MR) is 94.5 cm³/mol. The predicted octanol–water partition coefficient (Wildman–Crippen LogP) is 1.10. The van der Waals surface area contributed by atoms with Gasteiger partial charge < -0.3 is 19.4 Å². The number of aromatic nitrogens is 2. The van der Waals surface area contributed by atoms with Crippen molar-refractivity contribution in [3.8, 4) is 11.5 Å². The van der Waals surface area contributed by atoms with E-state index in [0.29, 0.717) is 19.1 Å². The van der Waals surface area contributed by atoms with E-state index in [1.54, 1.807) is 0 Å². The van der Waals surface area contributed by atoms with Crippen LogP contribution in [0.3, 0.4) is 0 Å². The van der Waals surface area contributed by atoms with Gasteiger partial charge in [-0.2, -0.15) is 0 Å². The highest BCUT2D eigenvalue weighted by Gasteiger charge is 2.28. The number of nitrogens with zero attached hydrogens (tertiary/aromatic N) is 2. The van der Waals surface area contributed by atoms with Crippen LogP contribution in [0, 0.1) is 5.92 Å². The lowest BCUT2D eigenvalue weighted by atomic mass is 9.94. The van der Waals surface area contributed by atoms with Gasteiger partial charge in [0.15, 0.2) is 11.5 Å². The van der Waals surface area contributed by atoms with Crippen LogP contribution in [0.15, 0.2) is 36.9 Å².